The molecule has 23 heavy (non-hydrogen) atoms. The van der Waals surface area contributed by atoms with Gasteiger partial charge in [0, 0.05) is 19.4 Å². The molecule has 3 heterocycles. The van der Waals surface area contributed by atoms with Crippen LogP contribution < -0.4 is 5.32 Å². The maximum atomic E-state index is 12.2. The number of carbonyl (C=O) groups is 1. The van der Waals surface area contributed by atoms with E-state index in [-0.39, 0.29) is 5.91 Å². The van der Waals surface area contributed by atoms with Gasteiger partial charge in [0.2, 0.25) is 0 Å². The molecule has 3 aromatic rings. The summed E-state index contributed by atoms with van der Waals surface area (Å²) in [6.45, 7) is 0.900. The van der Waals surface area contributed by atoms with Gasteiger partial charge in [0.05, 0.1) is 25.0 Å². The van der Waals surface area contributed by atoms with Crippen LogP contribution in [0.3, 0.4) is 0 Å². The predicted molar refractivity (Wildman–Crippen MR) is 86.2 cm³/mol. The number of furan rings is 1. The Bertz CT molecular complexity index is 791. The summed E-state index contributed by atoms with van der Waals surface area (Å²) in [6.07, 6.45) is 7.27. The van der Waals surface area contributed by atoms with Crippen LogP contribution in [0.1, 0.15) is 22.0 Å². The molecule has 0 aliphatic carbocycles. The number of imidazole rings is 1. The molecular weight excluding hydrogens is 314 g/mol. The molecule has 1 amide bonds. The number of rotatable bonds is 6. The molecule has 0 bridgehead atoms. The second-order valence-corrected chi connectivity index (χ2v) is 5.72. The van der Waals surface area contributed by atoms with E-state index in [0.717, 1.165) is 10.9 Å². The van der Waals surface area contributed by atoms with E-state index in [1.165, 1.54) is 0 Å². The van der Waals surface area contributed by atoms with Gasteiger partial charge in [-0.15, -0.1) is 0 Å². The second kappa shape index (κ2) is 6.74. The molecular formula is C15H17N5O2S. The molecule has 0 aromatic carbocycles. The van der Waals surface area contributed by atoms with Crippen molar-refractivity contribution in [1.82, 2.24) is 24.6 Å². The zero-order valence-corrected chi connectivity index (χ0v) is 13.7. The number of hydrogen-bond acceptors (Lipinski definition) is 5. The van der Waals surface area contributed by atoms with E-state index >= 15 is 0 Å². The van der Waals surface area contributed by atoms with Crippen molar-refractivity contribution in [2.45, 2.75) is 18.2 Å². The minimum Gasteiger partial charge on any atom is -0.454 e. The fraction of sp³-hybridized carbons (Fsp3) is 0.267. The Morgan fingerprint density at radius 1 is 1.43 bits per heavy atom. The molecule has 1 N–H and O–H groups in total. The minimum atomic E-state index is -0.247. The van der Waals surface area contributed by atoms with Crippen LogP contribution >= 0.6 is 11.8 Å². The fourth-order valence-electron chi connectivity index (χ4n) is 2.18. The van der Waals surface area contributed by atoms with Crippen LogP contribution in [0.25, 0.3) is 0 Å². The van der Waals surface area contributed by atoms with Gasteiger partial charge in [0.25, 0.3) is 5.91 Å². The van der Waals surface area contributed by atoms with Crippen LogP contribution in [-0.4, -0.2) is 31.5 Å². The highest BCUT2D eigenvalue weighted by Gasteiger charge is 2.13. The van der Waals surface area contributed by atoms with Gasteiger partial charge < -0.3 is 14.3 Å². The zero-order chi connectivity index (χ0) is 16.2. The predicted octanol–water partition coefficient (Wildman–Crippen LogP) is 1.91. The Balaban J connectivity index is 1.60. The van der Waals surface area contributed by atoms with Crippen LogP contribution in [0.2, 0.25) is 0 Å². The summed E-state index contributed by atoms with van der Waals surface area (Å²) in [6, 6.07) is 5.30. The summed E-state index contributed by atoms with van der Waals surface area (Å²) in [4.78, 5) is 16.4. The Hall–Kier alpha value is -2.48. The molecule has 3 aromatic heterocycles. The lowest BCUT2D eigenvalue weighted by atomic mass is 10.4. The number of amides is 1. The van der Waals surface area contributed by atoms with Crippen molar-refractivity contribution in [3.8, 4) is 0 Å². The topological polar surface area (TPSA) is 77.9 Å². The van der Waals surface area contributed by atoms with Crippen molar-refractivity contribution in [2.24, 2.45) is 7.05 Å². The third-order valence-electron chi connectivity index (χ3n) is 3.42. The largest absolute Gasteiger partial charge is 0.454 e. The normalized spacial score (nSPS) is 10.9. The third-order valence-corrected chi connectivity index (χ3v) is 4.16. The van der Waals surface area contributed by atoms with Crippen molar-refractivity contribution in [3.63, 3.8) is 0 Å². The smallest absolute Gasteiger partial charge is 0.287 e. The van der Waals surface area contributed by atoms with E-state index in [1.807, 2.05) is 30.1 Å². The first-order valence-electron chi connectivity index (χ1n) is 7.06. The molecule has 0 radical (unpaired) electrons. The number of nitrogens with zero attached hydrogens (tertiary/aromatic N) is 4. The highest BCUT2D eigenvalue weighted by molar-refractivity contribution is 7.98. The van der Waals surface area contributed by atoms with Gasteiger partial charge in [-0.3, -0.25) is 9.48 Å². The highest BCUT2D eigenvalue weighted by atomic mass is 32.2. The average molecular weight is 331 g/mol. The van der Waals surface area contributed by atoms with E-state index in [1.54, 1.807) is 41.0 Å². The first-order valence-corrected chi connectivity index (χ1v) is 8.29. The van der Waals surface area contributed by atoms with E-state index in [4.69, 9.17) is 4.42 Å². The van der Waals surface area contributed by atoms with Crippen molar-refractivity contribution in [3.05, 3.63) is 54.0 Å². The van der Waals surface area contributed by atoms with Crippen molar-refractivity contribution >= 4 is 17.7 Å². The number of hydrogen-bond donors (Lipinski definition) is 1. The van der Waals surface area contributed by atoms with Crippen LogP contribution in [0.15, 0.2) is 46.4 Å². The Labute approximate surface area is 137 Å². The first-order chi connectivity index (χ1) is 11.2. The summed E-state index contributed by atoms with van der Waals surface area (Å²) in [5.41, 5.74) is 0.936. The first kappa shape index (κ1) is 15.4. The van der Waals surface area contributed by atoms with Crippen molar-refractivity contribution < 1.29 is 9.21 Å². The maximum absolute atomic E-state index is 12.2. The molecule has 3 rings (SSSR count). The van der Waals surface area contributed by atoms with Gasteiger partial charge in [0.1, 0.15) is 5.76 Å². The molecule has 0 fully saturated rings. The molecule has 0 unspecified atom stereocenters. The molecule has 0 saturated heterocycles. The summed E-state index contributed by atoms with van der Waals surface area (Å²) >= 11 is 1.56. The van der Waals surface area contributed by atoms with E-state index in [9.17, 15) is 4.79 Å². The Morgan fingerprint density at radius 2 is 2.30 bits per heavy atom. The summed E-state index contributed by atoms with van der Waals surface area (Å²) in [5.74, 6) is 0.729. The van der Waals surface area contributed by atoms with E-state index < -0.39 is 0 Å². The van der Waals surface area contributed by atoms with Crippen molar-refractivity contribution in [2.75, 3.05) is 6.26 Å². The van der Waals surface area contributed by atoms with Crippen molar-refractivity contribution in [1.29, 1.82) is 0 Å². The minimum absolute atomic E-state index is 0.247. The number of thioether (sulfide) groups is 1. The SMILES string of the molecule is CSc1ncc(CNC(=O)c2ccc(Cn3cccn3)o2)n1C. The van der Waals surface area contributed by atoms with Gasteiger partial charge >= 0.3 is 0 Å². The molecule has 7 nitrogen and oxygen atoms in total. The van der Waals surface area contributed by atoms with Gasteiger partial charge in [0.15, 0.2) is 10.9 Å². The number of aromatic nitrogens is 4. The summed E-state index contributed by atoms with van der Waals surface area (Å²) in [5, 5.41) is 7.86. The Morgan fingerprint density at radius 3 is 3.00 bits per heavy atom. The average Bonchev–Trinajstić information content (AvgIpc) is 3.27. The van der Waals surface area contributed by atoms with Gasteiger partial charge in [-0.05, 0) is 24.5 Å². The summed E-state index contributed by atoms with van der Waals surface area (Å²) in [7, 11) is 1.93. The molecule has 120 valence electrons. The fourth-order valence-corrected chi connectivity index (χ4v) is 2.73. The summed E-state index contributed by atoms with van der Waals surface area (Å²) < 4.78 is 9.26. The van der Waals surface area contributed by atoms with Gasteiger partial charge in [-0.1, -0.05) is 11.8 Å². The lowest BCUT2D eigenvalue weighted by molar-refractivity contribution is 0.0920. The molecule has 0 spiro atoms. The molecule has 0 atom stereocenters. The Kier molecular flexibility index (Phi) is 4.52. The van der Waals surface area contributed by atoms with Gasteiger partial charge in [-0.25, -0.2) is 4.98 Å². The number of nitrogens with one attached hydrogen (secondary N) is 1. The lowest BCUT2D eigenvalue weighted by Gasteiger charge is -2.05. The monoisotopic (exact) mass is 331 g/mol. The molecule has 0 aliphatic rings. The second-order valence-electron chi connectivity index (χ2n) is 4.95. The van der Waals surface area contributed by atoms with Crippen LogP contribution in [0.4, 0.5) is 0 Å². The van der Waals surface area contributed by atoms with Crippen LogP contribution in [-0.2, 0) is 20.1 Å². The highest BCUT2D eigenvalue weighted by Crippen LogP contribution is 2.14. The zero-order valence-electron chi connectivity index (χ0n) is 12.9. The van der Waals surface area contributed by atoms with Gasteiger partial charge in [-0.2, -0.15) is 5.10 Å². The maximum Gasteiger partial charge on any atom is 0.287 e. The van der Waals surface area contributed by atoms with E-state index in [0.29, 0.717) is 24.6 Å². The van der Waals surface area contributed by atoms with E-state index in [2.05, 4.69) is 15.4 Å². The van der Waals surface area contributed by atoms with Crippen LogP contribution in [0, 0.1) is 0 Å². The standard InChI is InChI=1S/C15H17N5O2S/c1-19-11(9-17-15(19)23-2)8-16-14(21)13-5-4-12(22-13)10-20-7-3-6-18-20/h3-7,9H,8,10H2,1-2H3,(H,16,21). The quantitative estimate of drug-likeness (QED) is 0.698. The number of carbonyl (C=O) groups excluding carboxylic acids is 1. The molecule has 8 heteroatoms. The lowest BCUT2D eigenvalue weighted by Crippen LogP contribution is -2.23. The molecule has 0 saturated carbocycles. The molecule has 0 aliphatic heterocycles. The van der Waals surface area contributed by atoms with Crippen LogP contribution in [0.5, 0.6) is 0 Å². The third kappa shape index (κ3) is 3.48.